The number of H-pyrrole nitrogens is 1. The molecule has 5 nitrogen and oxygen atoms in total. The standard InChI is InChI=1S/C26H30F3N3O2/c1-16-11-20-19-5-2-3-6-23(19)30-25(20)26(32(16)9-10-33)24-21(28)12-17(13-22(24)29)34-18-14-31(15-18)8-4-7-27/h2-3,5-6,12-13,16,18,26,30,33H,4,7-11,14-15H2,1H3/t16-,26-/m1/s1. The van der Waals surface area contributed by atoms with E-state index in [0.29, 0.717) is 32.6 Å². The molecule has 5 rings (SSSR count). The average Bonchev–Trinajstić information content (AvgIpc) is 3.15. The van der Waals surface area contributed by atoms with Crippen molar-refractivity contribution >= 4 is 10.9 Å². The second-order valence-electron chi connectivity index (χ2n) is 9.32. The zero-order valence-electron chi connectivity index (χ0n) is 19.2. The van der Waals surface area contributed by atoms with E-state index in [1.54, 1.807) is 0 Å². The topological polar surface area (TPSA) is 51.7 Å². The van der Waals surface area contributed by atoms with Crippen molar-refractivity contribution in [3.8, 4) is 5.75 Å². The largest absolute Gasteiger partial charge is 0.488 e. The first-order valence-corrected chi connectivity index (χ1v) is 11.9. The third-order valence-electron chi connectivity index (χ3n) is 7.04. The van der Waals surface area contributed by atoms with Gasteiger partial charge < -0.3 is 14.8 Å². The Hall–Kier alpha value is -2.55. The summed E-state index contributed by atoms with van der Waals surface area (Å²) in [6.45, 7) is 3.75. The van der Waals surface area contributed by atoms with Crippen LogP contribution in [-0.4, -0.2) is 71.5 Å². The molecule has 3 heterocycles. The fraction of sp³-hybridized carbons (Fsp3) is 0.462. The third-order valence-corrected chi connectivity index (χ3v) is 7.04. The summed E-state index contributed by atoms with van der Waals surface area (Å²) in [4.78, 5) is 7.40. The van der Waals surface area contributed by atoms with Gasteiger partial charge in [-0.2, -0.15) is 0 Å². The van der Waals surface area contributed by atoms with Crippen LogP contribution in [-0.2, 0) is 6.42 Å². The number of aromatic amines is 1. The van der Waals surface area contributed by atoms with Crippen molar-refractivity contribution in [2.45, 2.75) is 38.0 Å². The third kappa shape index (κ3) is 4.19. The first-order valence-electron chi connectivity index (χ1n) is 11.9. The molecule has 1 fully saturated rings. The lowest BCUT2D eigenvalue weighted by atomic mass is 9.88. The highest BCUT2D eigenvalue weighted by Crippen LogP contribution is 2.42. The number of nitrogens with zero attached hydrogens (tertiary/aromatic N) is 2. The molecule has 0 spiro atoms. The summed E-state index contributed by atoms with van der Waals surface area (Å²) in [7, 11) is 0. The van der Waals surface area contributed by atoms with E-state index in [0.717, 1.165) is 28.6 Å². The number of benzene rings is 2. The van der Waals surface area contributed by atoms with Gasteiger partial charge in [-0.3, -0.25) is 14.2 Å². The van der Waals surface area contributed by atoms with Gasteiger partial charge in [-0.1, -0.05) is 18.2 Å². The number of hydrogen-bond donors (Lipinski definition) is 2. The molecule has 8 heteroatoms. The zero-order valence-corrected chi connectivity index (χ0v) is 19.2. The quantitative estimate of drug-likeness (QED) is 0.515. The average molecular weight is 474 g/mol. The predicted octanol–water partition coefficient (Wildman–Crippen LogP) is 4.20. The maximum Gasteiger partial charge on any atom is 0.135 e. The monoisotopic (exact) mass is 473 g/mol. The Bertz CT molecular complexity index is 1140. The van der Waals surface area contributed by atoms with Crippen LogP contribution in [0.2, 0.25) is 0 Å². The number of rotatable bonds is 8. The molecular formula is C26H30F3N3O2. The summed E-state index contributed by atoms with van der Waals surface area (Å²) in [5, 5.41) is 10.8. The minimum absolute atomic E-state index is 0.0103. The van der Waals surface area contributed by atoms with E-state index in [-0.39, 0.29) is 36.7 Å². The van der Waals surface area contributed by atoms with Gasteiger partial charge in [0.1, 0.15) is 23.5 Å². The molecule has 0 aliphatic carbocycles. The number of halogens is 3. The molecule has 182 valence electrons. The van der Waals surface area contributed by atoms with E-state index < -0.39 is 17.7 Å². The van der Waals surface area contributed by atoms with E-state index in [1.165, 1.54) is 12.1 Å². The van der Waals surface area contributed by atoms with Gasteiger partial charge in [-0.15, -0.1) is 0 Å². The molecule has 0 radical (unpaired) electrons. The maximum absolute atomic E-state index is 15.5. The van der Waals surface area contributed by atoms with Gasteiger partial charge in [-0.25, -0.2) is 8.78 Å². The lowest BCUT2D eigenvalue weighted by Gasteiger charge is -2.41. The molecule has 0 bridgehead atoms. The minimum Gasteiger partial charge on any atom is -0.488 e. The van der Waals surface area contributed by atoms with Crippen LogP contribution in [0, 0.1) is 11.6 Å². The van der Waals surface area contributed by atoms with Crippen molar-refractivity contribution in [3.05, 3.63) is 64.9 Å². The molecule has 2 atom stereocenters. The smallest absolute Gasteiger partial charge is 0.135 e. The van der Waals surface area contributed by atoms with E-state index in [9.17, 15) is 9.50 Å². The lowest BCUT2D eigenvalue weighted by Crippen LogP contribution is -2.53. The molecule has 0 saturated carbocycles. The number of fused-ring (bicyclic) bond motifs is 3. The Kier molecular flexibility index (Phi) is 6.55. The first-order chi connectivity index (χ1) is 16.5. The second-order valence-corrected chi connectivity index (χ2v) is 9.32. The van der Waals surface area contributed by atoms with E-state index in [2.05, 4.69) is 9.88 Å². The second kappa shape index (κ2) is 9.60. The fourth-order valence-electron chi connectivity index (χ4n) is 5.43. The predicted molar refractivity (Wildman–Crippen MR) is 125 cm³/mol. The highest BCUT2D eigenvalue weighted by molar-refractivity contribution is 5.85. The number of hydrogen-bond acceptors (Lipinski definition) is 4. The highest BCUT2D eigenvalue weighted by atomic mass is 19.1. The van der Waals surface area contributed by atoms with Gasteiger partial charge in [-0.05, 0) is 31.4 Å². The Morgan fingerprint density at radius 3 is 2.56 bits per heavy atom. The maximum atomic E-state index is 15.5. The number of ether oxygens (including phenoxy) is 1. The zero-order chi connectivity index (χ0) is 23.8. The molecule has 2 aliphatic rings. The van der Waals surface area contributed by atoms with Crippen molar-refractivity contribution in [2.75, 3.05) is 39.5 Å². The van der Waals surface area contributed by atoms with Gasteiger partial charge in [0, 0.05) is 66.5 Å². The van der Waals surface area contributed by atoms with Crippen molar-refractivity contribution in [1.82, 2.24) is 14.8 Å². The van der Waals surface area contributed by atoms with Crippen LogP contribution in [0.3, 0.4) is 0 Å². The normalized spacial score (nSPS) is 21.6. The lowest BCUT2D eigenvalue weighted by molar-refractivity contribution is 0.0180. The van der Waals surface area contributed by atoms with Crippen molar-refractivity contribution in [3.63, 3.8) is 0 Å². The summed E-state index contributed by atoms with van der Waals surface area (Å²) in [5.41, 5.74) is 2.71. The number of nitrogens with one attached hydrogen (secondary N) is 1. The number of aromatic nitrogens is 1. The molecule has 0 amide bonds. The van der Waals surface area contributed by atoms with E-state index in [1.807, 2.05) is 36.1 Å². The molecule has 1 aromatic heterocycles. The number of aliphatic hydroxyl groups excluding tert-OH is 1. The molecular weight excluding hydrogens is 443 g/mol. The van der Waals surface area contributed by atoms with Crippen LogP contribution < -0.4 is 4.74 Å². The number of para-hydroxylation sites is 1. The summed E-state index contributed by atoms with van der Waals surface area (Å²) in [6.07, 6.45) is 1.04. The summed E-state index contributed by atoms with van der Waals surface area (Å²) in [5.74, 6) is -1.19. The Balaban J connectivity index is 1.47. The summed E-state index contributed by atoms with van der Waals surface area (Å²) in [6, 6.07) is 9.68. The Labute approximate surface area is 197 Å². The van der Waals surface area contributed by atoms with E-state index >= 15 is 8.78 Å². The number of β-amino-alcohol motifs (C(OH)–C–C–N with tert-alkyl or cyclic N) is 1. The SMILES string of the molecule is C[C@@H]1Cc2c([nH]c3ccccc23)[C@@H](c2c(F)cc(OC3CN(CCCF)C3)cc2F)N1CCO. The Morgan fingerprint density at radius 2 is 1.85 bits per heavy atom. The molecule has 1 saturated heterocycles. The van der Waals surface area contributed by atoms with Crippen LogP contribution in [0.25, 0.3) is 10.9 Å². The molecule has 2 N–H and O–H groups in total. The van der Waals surface area contributed by atoms with Crippen LogP contribution in [0.15, 0.2) is 36.4 Å². The van der Waals surface area contributed by atoms with Crippen LogP contribution in [0.1, 0.15) is 36.2 Å². The van der Waals surface area contributed by atoms with Gasteiger partial charge in [0.05, 0.1) is 19.3 Å². The molecule has 2 aromatic carbocycles. The molecule has 0 unspecified atom stereocenters. The Morgan fingerprint density at radius 1 is 1.12 bits per heavy atom. The fourth-order valence-corrected chi connectivity index (χ4v) is 5.43. The van der Waals surface area contributed by atoms with Crippen LogP contribution >= 0.6 is 0 Å². The van der Waals surface area contributed by atoms with Gasteiger partial charge in [0.25, 0.3) is 0 Å². The van der Waals surface area contributed by atoms with Crippen LogP contribution in [0.5, 0.6) is 5.75 Å². The summed E-state index contributed by atoms with van der Waals surface area (Å²) < 4.78 is 49.2. The minimum atomic E-state index is -0.688. The number of alkyl halides is 1. The van der Waals surface area contributed by atoms with Crippen LogP contribution in [0.4, 0.5) is 13.2 Å². The van der Waals surface area contributed by atoms with Crippen molar-refractivity contribution < 1.29 is 23.0 Å². The first kappa shape index (κ1) is 23.2. The number of aliphatic hydroxyl groups is 1. The van der Waals surface area contributed by atoms with Crippen molar-refractivity contribution in [1.29, 1.82) is 0 Å². The van der Waals surface area contributed by atoms with E-state index in [4.69, 9.17) is 4.74 Å². The molecule has 34 heavy (non-hydrogen) atoms. The van der Waals surface area contributed by atoms with Crippen molar-refractivity contribution in [2.24, 2.45) is 0 Å². The summed E-state index contributed by atoms with van der Waals surface area (Å²) >= 11 is 0. The molecule has 3 aromatic rings. The highest BCUT2D eigenvalue weighted by Gasteiger charge is 2.38. The number of likely N-dealkylation sites (tertiary alicyclic amines) is 1. The van der Waals surface area contributed by atoms with Gasteiger partial charge in [0.2, 0.25) is 0 Å². The molecule has 2 aliphatic heterocycles. The van der Waals surface area contributed by atoms with Gasteiger partial charge in [0.15, 0.2) is 0 Å². The van der Waals surface area contributed by atoms with Gasteiger partial charge >= 0.3 is 0 Å².